The number of ether oxygens (including phenoxy) is 1. The van der Waals surface area contributed by atoms with Crippen molar-refractivity contribution < 1.29 is 19.1 Å². The van der Waals surface area contributed by atoms with Crippen molar-refractivity contribution in [2.45, 2.75) is 82.6 Å². The Morgan fingerprint density at radius 3 is 2.45 bits per heavy atom. The standard InChI is InChI=1S/C33H47N5O4/c1-4-28(34)31(39)36-30-25(19-21-37(2)22-24-8-6-5-7-9-24)12-13-26-14-17-29(38(26)33(30)41)32(40)35-20-18-23-10-15-27(42-3)16-11-23/h5-11,15-16,25-26,28-30H,4,12-14,17-22,34H2,1-3H3,(H,35,40)(H,36,39)/t25-,26+,28+,29+,30+/m1/s1. The fourth-order valence-electron chi connectivity index (χ4n) is 6.23. The summed E-state index contributed by atoms with van der Waals surface area (Å²) in [5, 5.41) is 6.07. The number of nitrogens with zero attached hydrogens (tertiary/aromatic N) is 2. The van der Waals surface area contributed by atoms with Gasteiger partial charge in [0, 0.05) is 19.1 Å². The predicted molar refractivity (Wildman–Crippen MR) is 164 cm³/mol. The maximum atomic E-state index is 14.2. The lowest BCUT2D eigenvalue weighted by Crippen LogP contribution is -2.58. The Morgan fingerprint density at radius 2 is 1.76 bits per heavy atom. The van der Waals surface area contributed by atoms with Crippen LogP contribution in [-0.2, 0) is 27.3 Å². The van der Waals surface area contributed by atoms with Gasteiger partial charge in [-0.05, 0) is 87.7 Å². The summed E-state index contributed by atoms with van der Waals surface area (Å²) in [6.07, 6.45) is 4.99. The highest BCUT2D eigenvalue weighted by Gasteiger charge is 2.47. The van der Waals surface area contributed by atoms with Crippen LogP contribution in [0.2, 0.25) is 0 Å². The molecule has 4 N–H and O–H groups in total. The first-order valence-corrected chi connectivity index (χ1v) is 15.3. The topological polar surface area (TPSA) is 117 Å². The van der Waals surface area contributed by atoms with E-state index in [-0.39, 0.29) is 29.7 Å². The Labute approximate surface area is 250 Å². The third kappa shape index (κ3) is 8.10. The molecular formula is C33H47N5O4. The number of carbonyl (C=O) groups is 3. The molecule has 2 aliphatic rings. The second kappa shape index (κ2) is 15.2. The molecule has 4 rings (SSSR count). The van der Waals surface area contributed by atoms with E-state index < -0.39 is 18.1 Å². The molecule has 0 aromatic heterocycles. The third-order valence-corrected chi connectivity index (χ3v) is 8.79. The van der Waals surface area contributed by atoms with Crippen molar-refractivity contribution in [2.75, 3.05) is 27.2 Å². The van der Waals surface area contributed by atoms with Gasteiger partial charge < -0.3 is 30.9 Å². The van der Waals surface area contributed by atoms with Crippen molar-refractivity contribution in [3.8, 4) is 5.75 Å². The smallest absolute Gasteiger partial charge is 0.246 e. The van der Waals surface area contributed by atoms with Gasteiger partial charge in [-0.15, -0.1) is 0 Å². The van der Waals surface area contributed by atoms with E-state index in [1.165, 1.54) is 5.56 Å². The normalized spacial score (nSPS) is 22.8. The van der Waals surface area contributed by atoms with Crippen LogP contribution in [0.4, 0.5) is 0 Å². The van der Waals surface area contributed by atoms with Crippen molar-refractivity contribution in [3.05, 3.63) is 65.7 Å². The second-order valence-electron chi connectivity index (χ2n) is 11.7. The van der Waals surface area contributed by atoms with Crippen LogP contribution in [0.5, 0.6) is 5.75 Å². The highest BCUT2D eigenvalue weighted by atomic mass is 16.5. The van der Waals surface area contributed by atoms with Gasteiger partial charge in [-0.3, -0.25) is 14.4 Å². The van der Waals surface area contributed by atoms with Crippen LogP contribution in [0.15, 0.2) is 54.6 Å². The first kappa shape index (κ1) is 31.5. The zero-order valence-electron chi connectivity index (χ0n) is 25.3. The molecule has 9 heteroatoms. The van der Waals surface area contributed by atoms with Crippen LogP contribution in [0.1, 0.15) is 56.6 Å². The SMILES string of the molecule is CC[C@H](N)C(=O)N[C@@H]1C(=O)N2[C@@H](CC[C@@H]1CCN(C)Cc1ccccc1)CC[C@H]2C(=O)NCCc1ccc(OC)cc1. The average molecular weight is 578 g/mol. The largest absolute Gasteiger partial charge is 0.497 e. The van der Waals surface area contributed by atoms with Gasteiger partial charge in [0.05, 0.1) is 13.2 Å². The molecule has 2 aromatic carbocycles. The zero-order valence-corrected chi connectivity index (χ0v) is 25.3. The minimum absolute atomic E-state index is 0.00105. The molecule has 5 atom stereocenters. The first-order valence-electron chi connectivity index (χ1n) is 15.3. The fourth-order valence-corrected chi connectivity index (χ4v) is 6.23. The lowest BCUT2D eigenvalue weighted by atomic mass is 9.89. The van der Waals surface area contributed by atoms with Crippen molar-refractivity contribution in [2.24, 2.45) is 11.7 Å². The molecule has 2 saturated heterocycles. The maximum absolute atomic E-state index is 14.2. The number of carbonyl (C=O) groups excluding carboxylic acids is 3. The van der Waals surface area contributed by atoms with Crippen LogP contribution in [0.3, 0.4) is 0 Å². The molecular weight excluding hydrogens is 530 g/mol. The van der Waals surface area contributed by atoms with Gasteiger partial charge in [0.2, 0.25) is 17.7 Å². The number of rotatable bonds is 13. The van der Waals surface area contributed by atoms with E-state index >= 15 is 0 Å². The Kier molecular flexibility index (Phi) is 11.4. The van der Waals surface area contributed by atoms with Gasteiger partial charge in [0.1, 0.15) is 17.8 Å². The number of methoxy groups -OCH3 is 1. The van der Waals surface area contributed by atoms with Crippen molar-refractivity contribution in [1.82, 2.24) is 20.4 Å². The summed E-state index contributed by atoms with van der Waals surface area (Å²) in [5.41, 5.74) is 8.39. The highest BCUT2D eigenvalue weighted by molar-refractivity contribution is 5.94. The van der Waals surface area contributed by atoms with Gasteiger partial charge in [-0.1, -0.05) is 49.4 Å². The molecule has 3 amide bonds. The third-order valence-electron chi connectivity index (χ3n) is 8.79. The van der Waals surface area contributed by atoms with Crippen LogP contribution in [0, 0.1) is 5.92 Å². The molecule has 2 aliphatic heterocycles. The first-order chi connectivity index (χ1) is 20.3. The number of nitrogens with two attached hydrogens (primary N) is 1. The quantitative estimate of drug-likeness (QED) is 0.337. The van der Waals surface area contributed by atoms with Gasteiger partial charge in [-0.25, -0.2) is 0 Å². The van der Waals surface area contributed by atoms with E-state index in [2.05, 4.69) is 34.7 Å². The van der Waals surface area contributed by atoms with Crippen molar-refractivity contribution >= 4 is 17.7 Å². The highest BCUT2D eigenvalue weighted by Crippen LogP contribution is 2.35. The molecule has 42 heavy (non-hydrogen) atoms. The summed E-state index contributed by atoms with van der Waals surface area (Å²) in [7, 11) is 3.71. The Balaban J connectivity index is 1.42. The number of hydrogen-bond donors (Lipinski definition) is 3. The summed E-state index contributed by atoms with van der Waals surface area (Å²) >= 11 is 0. The molecule has 0 spiro atoms. The maximum Gasteiger partial charge on any atom is 0.246 e. The molecule has 2 aromatic rings. The molecule has 0 unspecified atom stereocenters. The summed E-state index contributed by atoms with van der Waals surface area (Å²) in [4.78, 5) is 44.5. The van der Waals surface area contributed by atoms with Crippen LogP contribution < -0.4 is 21.1 Å². The summed E-state index contributed by atoms with van der Waals surface area (Å²) < 4.78 is 5.22. The Bertz CT molecular complexity index is 1170. The van der Waals surface area contributed by atoms with E-state index in [9.17, 15) is 14.4 Å². The fraction of sp³-hybridized carbons (Fsp3) is 0.545. The number of amides is 3. The van der Waals surface area contributed by atoms with Gasteiger partial charge in [0.25, 0.3) is 0 Å². The number of nitrogens with one attached hydrogen (secondary N) is 2. The number of benzene rings is 2. The predicted octanol–water partition coefficient (Wildman–Crippen LogP) is 2.87. The minimum Gasteiger partial charge on any atom is -0.497 e. The molecule has 0 bridgehead atoms. The van der Waals surface area contributed by atoms with Gasteiger partial charge >= 0.3 is 0 Å². The van der Waals surface area contributed by atoms with Gasteiger partial charge in [0.15, 0.2) is 0 Å². The summed E-state index contributed by atoms with van der Waals surface area (Å²) in [6, 6.07) is 16.2. The van der Waals surface area contributed by atoms with E-state index in [1.807, 2.05) is 49.4 Å². The molecule has 0 aliphatic carbocycles. The van der Waals surface area contributed by atoms with Crippen molar-refractivity contribution in [3.63, 3.8) is 0 Å². The minimum atomic E-state index is -0.696. The van der Waals surface area contributed by atoms with E-state index in [0.717, 1.165) is 50.1 Å². The van der Waals surface area contributed by atoms with Gasteiger partial charge in [-0.2, -0.15) is 0 Å². The van der Waals surface area contributed by atoms with E-state index in [1.54, 1.807) is 12.0 Å². The summed E-state index contributed by atoms with van der Waals surface area (Å²) in [6.45, 7) is 3.94. The zero-order chi connectivity index (χ0) is 30.1. The van der Waals surface area contributed by atoms with Crippen LogP contribution >= 0.6 is 0 Å². The molecule has 228 valence electrons. The molecule has 9 nitrogen and oxygen atoms in total. The lowest BCUT2D eigenvalue weighted by molar-refractivity contribution is -0.143. The molecule has 0 radical (unpaired) electrons. The Hall–Kier alpha value is -3.43. The second-order valence-corrected chi connectivity index (χ2v) is 11.7. The lowest BCUT2D eigenvalue weighted by Gasteiger charge is -2.33. The Morgan fingerprint density at radius 1 is 1.05 bits per heavy atom. The van der Waals surface area contributed by atoms with E-state index in [0.29, 0.717) is 25.8 Å². The van der Waals surface area contributed by atoms with E-state index in [4.69, 9.17) is 10.5 Å². The molecule has 2 heterocycles. The van der Waals surface area contributed by atoms with Crippen molar-refractivity contribution in [1.29, 1.82) is 0 Å². The van der Waals surface area contributed by atoms with Crippen LogP contribution in [0.25, 0.3) is 0 Å². The monoisotopic (exact) mass is 577 g/mol. The number of hydrogen-bond acceptors (Lipinski definition) is 6. The average Bonchev–Trinajstić information content (AvgIpc) is 3.39. The summed E-state index contributed by atoms with van der Waals surface area (Å²) in [5.74, 6) is 0.167. The number of fused-ring (bicyclic) bond motifs is 1. The molecule has 0 saturated carbocycles. The van der Waals surface area contributed by atoms with Crippen LogP contribution in [-0.4, -0.2) is 78.9 Å². The molecule has 2 fully saturated rings.